The third kappa shape index (κ3) is 3.80. The number of pyridine rings is 1. The predicted octanol–water partition coefficient (Wildman–Crippen LogP) is 2.84. The van der Waals surface area contributed by atoms with Crippen molar-refractivity contribution in [1.29, 1.82) is 0 Å². The Bertz CT molecular complexity index is 734. The molecule has 126 valence electrons. The van der Waals surface area contributed by atoms with Gasteiger partial charge in [0.15, 0.2) is 5.65 Å². The van der Waals surface area contributed by atoms with E-state index in [9.17, 15) is 18.0 Å². The molecular weight excluding hydrogens is 309 g/mol. The van der Waals surface area contributed by atoms with Gasteiger partial charge in [-0.25, -0.2) is 9.67 Å². The number of amides is 1. The average molecular weight is 328 g/mol. The molecule has 5 nitrogen and oxygen atoms in total. The molecule has 0 spiro atoms. The van der Waals surface area contributed by atoms with Crippen LogP contribution in [-0.2, 0) is 17.5 Å². The first-order chi connectivity index (χ1) is 10.6. The quantitative estimate of drug-likeness (QED) is 0.939. The fraction of sp³-hybridized carbons (Fsp3) is 0.533. The number of nitrogens with one attached hydrogen (secondary N) is 1. The van der Waals surface area contributed by atoms with Crippen LogP contribution in [0, 0.1) is 19.8 Å². The zero-order valence-corrected chi connectivity index (χ0v) is 13.5. The van der Waals surface area contributed by atoms with E-state index in [4.69, 9.17) is 0 Å². The summed E-state index contributed by atoms with van der Waals surface area (Å²) in [6.45, 7) is 7.21. The molecule has 8 heteroatoms. The molecule has 0 radical (unpaired) electrons. The van der Waals surface area contributed by atoms with Crippen LogP contribution in [-0.4, -0.2) is 27.2 Å². The van der Waals surface area contributed by atoms with Crippen molar-refractivity contribution in [2.75, 3.05) is 6.54 Å². The summed E-state index contributed by atoms with van der Waals surface area (Å²) in [5.74, 6) is -0.0211. The maximum Gasteiger partial charge on any atom is 0.417 e. The zero-order chi connectivity index (χ0) is 17.4. The molecule has 0 aliphatic carbocycles. The highest BCUT2D eigenvalue weighted by Gasteiger charge is 2.35. The van der Waals surface area contributed by atoms with Crippen molar-refractivity contribution < 1.29 is 18.0 Å². The van der Waals surface area contributed by atoms with Gasteiger partial charge in [-0.15, -0.1) is 0 Å². The topological polar surface area (TPSA) is 59.8 Å². The van der Waals surface area contributed by atoms with Crippen molar-refractivity contribution in [3.63, 3.8) is 0 Å². The van der Waals surface area contributed by atoms with Crippen LogP contribution in [0.5, 0.6) is 0 Å². The van der Waals surface area contributed by atoms with Gasteiger partial charge >= 0.3 is 6.18 Å². The maximum absolute atomic E-state index is 13.2. The minimum absolute atomic E-state index is 0.0558. The molecule has 0 saturated carbocycles. The average Bonchev–Trinajstić information content (AvgIpc) is 2.71. The van der Waals surface area contributed by atoms with E-state index in [0.717, 1.165) is 6.07 Å². The fourth-order valence-electron chi connectivity index (χ4n) is 2.32. The Morgan fingerprint density at radius 3 is 2.57 bits per heavy atom. The zero-order valence-electron chi connectivity index (χ0n) is 13.5. The molecule has 2 heterocycles. The normalized spacial score (nSPS) is 12.2. The first-order valence-corrected chi connectivity index (χ1v) is 7.28. The van der Waals surface area contributed by atoms with Crippen LogP contribution < -0.4 is 5.32 Å². The molecule has 23 heavy (non-hydrogen) atoms. The highest BCUT2D eigenvalue weighted by Crippen LogP contribution is 2.36. The van der Waals surface area contributed by atoms with Gasteiger partial charge in [0, 0.05) is 12.2 Å². The molecule has 0 fully saturated rings. The Hall–Kier alpha value is -2.12. The Morgan fingerprint density at radius 2 is 2.00 bits per heavy atom. The van der Waals surface area contributed by atoms with Gasteiger partial charge in [0.2, 0.25) is 5.91 Å². The number of rotatable bonds is 4. The number of fused-ring (bicyclic) bond motifs is 1. The fourth-order valence-corrected chi connectivity index (χ4v) is 2.32. The molecule has 0 bridgehead atoms. The van der Waals surface area contributed by atoms with Crippen LogP contribution in [0.15, 0.2) is 6.07 Å². The SMILES string of the molecule is Cc1cc(C(F)(F)F)c2c(C)nn(CC(=O)NCC(C)C)c2n1. The standard InChI is InChI=1S/C15H19F3N4O/c1-8(2)6-19-12(23)7-22-14-13(10(4)21-22)11(15(16,17)18)5-9(3)20-14/h5,8H,6-7H2,1-4H3,(H,19,23). The number of hydrogen-bond acceptors (Lipinski definition) is 3. The third-order valence-corrected chi connectivity index (χ3v) is 3.31. The van der Waals surface area contributed by atoms with Gasteiger partial charge in [0.05, 0.1) is 16.6 Å². The molecular formula is C15H19F3N4O. The van der Waals surface area contributed by atoms with Crippen LogP contribution in [0.25, 0.3) is 11.0 Å². The lowest BCUT2D eigenvalue weighted by atomic mass is 10.1. The van der Waals surface area contributed by atoms with Crippen LogP contribution in [0.3, 0.4) is 0 Å². The van der Waals surface area contributed by atoms with E-state index in [0.29, 0.717) is 6.54 Å². The van der Waals surface area contributed by atoms with E-state index in [1.54, 1.807) is 0 Å². The van der Waals surface area contributed by atoms with E-state index < -0.39 is 11.7 Å². The minimum Gasteiger partial charge on any atom is -0.354 e. The lowest BCUT2D eigenvalue weighted by Gasteiger charge is -2.10. The molecule has 0 aromatic carbocycles. The summed E-state index contributed by atoms with van der Waals surface area (Å²) in [5.41, 5.74) is -0.258. The summed E-state index contributed by atoms with van der Waals surface area (Å²) in [6.07, 6.45) is -4.50. The minimum atomic E-state index is -4.50. The molecule has 2 aromatic heterocycles. The monoisotopic (exact) mass is 328 g/mol. The largest absolute Gasteiger partial charge is 0.417 e. The van der Waals surface area contributed by atoms with Gasteiger partial charge in [-0.3, -0.25) is 4.79 Å². The van der Waals surface area contributed by atoms with Crippen molar-refractivity contribution in [3.05, 3.63) is 23.0 Å². The molecule has 0 aliphatic rings. The smallest absolute Gasteiger partial charge is 0.354 e. The highest BCUT2D eigenvalue weighted by molar-refractivity contribution is 5.85. The van der Waals surface area contributed by atoms with Gasteiger partial charge in [-0.2, -0.15) is 18.3 Å². The second-order valence-electron chi connectivity index (χ2n) is 5.95. The number of alkyl halides is 3. The van der Waals surface area contributed by atoms with Crippen molar-refractivity contribution >= 4 is 16.9 Å². The molecule has 0 atom stereocenters. The van der Waals surface area contributed by atoms with Crippen molar-refractivity contribution in [1.82, 2.24) is 20.1 Å². The number of halogens is 3. The van der Waals surface area contributed by atoms with Crippen molar-refractivity contribution in [2.24, 2.45) is 5.92 Å². The number of carbonyl (C=O) groups excluding carboxylic acids is 1. The lowest BCUT2D eigenvalue weighted by Crippen LogP contribution is -2.31. The summed E-state index contributed by atoms with van der Waals surface area (Å²) in [5, 5.41) is 6.72. The molecule has 0 unspecified atom stereocenters. The van der Waals surface area contributed by atoms with E-state index in [-0.39, 0.29) is 40.8 Å². The summed E-state index contributed by atoms with van der Waals surface area (Å²) in [4.78, 5) is 16.1. The number of aromatic nitrogens is 3. The maximum atomic E-state index is 13.2. The Kier molecular flexibility index (Phi) is 4.63. The van der Waals surface area contributed by atoms with Crippen molar-refractivity contribution in [3.8, 4) is 0 Å². The summed E-state index contributed by atoms with van der Waals surface area (Å²) in [6, 6.07) is 1.00. The first-order valence-electron chi connectivity index (χ1n) is 7.28. The van der Waals surface area contributed by atoms with Crippen LogP contribution in [0.2, 0.25) is 0 Å². The summed E-state index contributed by atoms with van der Waals surface area (Å²) < 4.78 is 40.9. The molecule has 2 rings (SSSR count). The number of carbonyl (C=O) groups is 1. The molecule has 0 saturated heterocycles. The van der Waals surface area contributed by atoms with Gasteiger partial charge in [0.1, 0.15) is 6.54 Å². The summed E-state index contributed by atoms with van der Waals surface area (Å²) in [7, 11) is 0. The summed E-state index contributed by atoms with van der Waals surface area (Å²) >= 11 is 0. The number of hydrogen-bond donors (Lipinski definition) is 1. The Morgan fingerprint density at radius 1 is 1.35 bits per heavy atom. The van der Waals surface area contributed by atoms with Gasteiger partial charge in [-0.05, 0) is 25.8 Å². The van der Waals surface area contributed by atoms with Crippen LogP contribution in [0.1, 0.15) is 30.8 Å². The van der Waals surface area contributed by atoms with Crippen LogP contribution >= 0.6 is 0 Å². The second kappa shape index (κ2) is 6.17. The molecule has 2 aromatic rings. The Labute approximate surface area is 131 Å². The van der Waals surface area contributed by atoms with E-state index >= 15 is 0 Å². The predicted molar refractivity (Wildman–Crippen MR) is 79.9 cm³/mol. The van der Waals surface area contributed by atoms with E-state index in [1.165, 1.54) is 18.5 Å². The van der Waals surface area contributed by atoms with Gasteiger partial charge < -0.3 is 5.32 Å². The van der Waals surface area contributed by atoms with Gasteiger partial charge in [-0.1, -0.05) is 13.8 Å². The van der Waals surface area contributed by atoms with Crippen LogP contribution in [0.4, 0.5) is 13.2 Å². The molecule has 1 amide bonds. The second-order valence-corrected chi connectivity index (χ2v) is 5.95. The lowest BCUT2D eigenvalue weighted by molar-refractivity contribution is -0.136. The molecule has 1 N–H and O–H groups in total. The third-order valence-electron chi connectivity index (χ3n) is 3.31. The first kappa shape index (κ1) is 17.2. The van der Waals surface area contributed by atoms with Crippen molar-refractivity contribution in [2.45, 2.75) is 40.4 Å². The highest BCUT2D eigenvalue weighted by atomic mass is 19.4. The van der Waals surface area contributed by atoms with Gasteiger partial charge in [0.25, 0.3) is 0 Å². The van der Waals surface area contributed by atoms with E-state index in [1.807, 2.05) is 13.8 Å². The number of nitrogens with zero attached hydrogens (tertiary/aromatic N) is 3. The molecule has 0 aliphatic heterocycles. The Balaban J connectivity index is 2.43. The van der Waals surface area contributed by atoms with E-state index in [2.05, 4.69) is 15.4 Å². The number of aryl methyl sites for hydroxylation is 2.